The minimum Gasteiger partial charge on any atom is -0.294 e. The number of carbonyl (C=O) groups is 1. The summed E-state index contributed by atoms with van der Waals surface area (Å²) in [6.07, 6.45) is 2.21. The van der Waals surface area contributed by atoms with Crippen LogP contribution in [0.2, 0.25) is 0 Å². The summed E-state index contributed by atoms with van der Waals surface area (Å²) in [7, 11) is -7.52. The molecule has 2 fully saturated rings. The number of nitrogens with zero attached hydrogens (tertiary/aromatic N) is 2. The van der Waals surface area contributed by atoms with Crippen LogP contribution in [0.15, 0.2) is 46.7 Å². The molecule has 0 saturated carbocycles. The monoisotopic (exact) mass is 483 g/mol. The molecule has 3 heterocycles. The van der Waals surface area contributed by atoms with Crippen LogP contribution in [0.5, 0.6) is 0 Å². The van der Waals surface area contributed by atoms with Gasteiger partial charge in [0.2, 0.25) is 26.0 Å². The first-order chi connectivity index (χ1) is 14.7. The van der Waals surface area contributed by atoms with Gasteiger partial charge in [-0.1, -0.05) is 13.0 Å². The van der Waals surface area contributed by atoms with Crippen LogP contribution in [0.1, 0.15) is 30.7 Å². The third kappa shape index (κ3) is 4.56. The largest absolute Gasteiger partial charge is 0.294 e. The maximum absolute atomic E-state index is 12.9. The van der Waals surface area contributed by atoms with Crippen LogP contribution in [-0.2, 0) is 24.8 Å². The molecule has 2 atom stereocenters. The van der Waals surface area contributed by atoms with E-state index < -0.39 is 31.9 Å². The number of rotatable bonds is 7. The van der Waals surface area contributed by atoms with Crippen LogP contribution >= 0.6 is 11.3 Å². The molecule has 31 heavy (non-hydrogen) atoms. The number of carbonyl (C=O) groups excluding carboxylic acids is 1. The number of thiophene rings is 1. The predicted molar refractivity (Wildman–Crippen MR) is 120 cm³/mol. The fourth-order valence-electron chi connectivity index (χ4n) is 4.06. The Kier molecular flexibility index (Phi) is 6.23. The average Bonchev–Trinajstić information content (AvgIpc) is 3.45. The SMILES string of the molecule is CC1CS(=O)(=O)N(c2ccc(S(=O)(=O)NCC(c3cccs3)N3CCCC3)cc2)C1=O. The van der Waals surface area contributed by atoms with E-state index in [2.05, 4.69) is 9.62 Å². The van der Waals surface area contributed by atoms with E-state index in [4.69, 9.17) is 0 Å². The third-order valence-corrected chi connectivity index (χ3v) is 9.94. The maximum Gasteiger partial charge on any atom is 0.244 e. The van der Waals surface area contributed by atoms with E-state index in [1.165, 1.54) is 24.3 Å². The molecule has 11 heteroatoms. The normalized spacial score (nSPS) is 22.8. The summed E-state index contributed by atoms with van der Waals surface area (Å²) in [6.45, 7) is 3.69. The van der Waals surface area contributed by atoms with Gasteiger partial charge in [0.15, 0.2) is 0 Å². The van der Waals surface area contributed by atoms with Crippen molar-refractivity contribution >= 4 is 43.0 Å². The van der Waals surface area contributed by atoms with Gasteiger partial charge >= 0.3 is 0 Å². The number of nitrogens with one attached hydrogen (secondary N) is 1. The predicted octanol–water partition coefficient (Wildman–Crippen LogP) is 2.18. The molecule has 2 aliphatic heterocycles. The molecule has 2 aromatic rings. The first kappa shape index (κ1) is 22.4. The lowest BCUT2D eigenvalue weighted by Crippen LogP contribution is -2.36. The molecule has 1 aromatic carbocycles. The Labute approximate surface area is 187 Å². The highest BCUT2D eigenvalue weighted by molar-refractivity contribution is 7.94. The zero-order valence-corrected chi connectivity index (χ0v) is 19.5. The van der Waals surface area contributed by atoms with Crippen molar-refractivity contribution in [2.24, 2.45) is 5.92 Å². The van der Waals surface area contributed by atoms with Crippen LogP contribution in [0.3, 0.4) is 0 Å². The molecular formula is C20H25N3O5S3. The van der Waals surface area contributed by atoms with Gasteiger partial charge < -0.3 is 0 Å². The van der Waals surface area contributed by atoms with E-state index in [1.807, 2.05) is 17.5 Å². The van der Waals surface area contributed by atoms with E-state index in [9.17, 15) is 21.6 Å². The molecule has 1 aromatic heterocycles. The highest BCUT2D eigenvalue weighted by Crippen LogP contribution is 2.30. The second-order valence-corrected chi connectivity index (χ2v) is 12.5. The van der Waals surface area contributed by atoms with Crippen molar-refractivity contribution in [2.75, 3.05) is 29.7 Å². The van der Waals surface area contributed by atoms with Gasteiger partial charge in [0.1, 0.15) is 0 Å². The summed E-state index contributed by atoms with van der Waals surface area (Å²) in [5.41, 5.74) is 0.154. The number of anilines is 1. The van der Waals surface area contributed by atoms with Crippen molar-refractivity contribution in [3.63, 3.8) is 0 Å². The van der Waals surface area contributed by atoms with Gasteiger partial charge in [-0.3, -0.25) is 9.69 Å². The molecule has 0 spiro atoms. The topological polar surface area (TPSA) is 104 Å². The molecular weight excluding hydrogens is 458 g/mol. The second-order valence-electron chi connectivity index (χ2n) is 7.90. The standard InChI is InChI=1S/C20H25N3O5S3/c1-15-14-30(25,26)23(20(15)24)16-6-8-17(9-7-16)31(27,28)21-13-18(19-5-4-12-29-19)22-10-2-3-11-22/h4-9,12,15,18,21H,2-3,10-11,13-14H2,1H3. The number of benzene rings is 1. The number of likely N-dealkylation sites (tertiary alicyclic amines) is 1. The Balaban J connectivity index is 1.50. The van der Waals surface area contributed by atoms with Crippen molar-refractivity contribution in [3.05, 3.63) is 46.7 Å². The molecule has 2 unspecified atom stereocenters. The minimum atomic E-state index is -3.79. The Hall–Kier alpha value is -1.79. The van der Waals surface area contributed by atoms with Crippen LogP contribution < -0.4 is 9.03 Å². The smallest absolute Gasteiger partial charge is 0.244 e. The number of amides is 1. The second kappa shape index (κ2) is 8.62. The summed E-state index contributed by atoms with van der Waals surface area (Å²) in [6, 6.07) is 9.35. The van der Waals surface area contributed by atoms with Gasteiger partial charge in [-0.05, 0) is 61.6 Å². The molecule has 1 amide bonds. The minimum absolute atomic E-state index is 0.0228. The number of hydrogen-bond acceptors (Lipinski definition) is 7. The number of hydrogen-bond donors (Lipinski definition) is 1. The summed E-state index contributed by atoms with van der Waals surface area (Å²) >= 11 is 1.61. The van der Waals surface area contributed by atoms with E-state index >= 15 is 0 Å². The molecule has 2 aliphatic rings. The van der Waals surface area contributed by atoms with Gasteiger partial charge in [-0.25, -0.2) is 25.9 Å². The zero-order chi connectivity index (χ0) is 22.2. The molecule has 0 aliphatic carbocycles. The lowest BCUT2D eigenvalue weighted by molar-refractivity contribution is -0.119. The molecule has 4 rings (SSSR count). The zero-order valence-electron chi connectivity index (χ0n) is 17.1. The Bertz CT molecular complexity index is 1140. The van der Waals surface area contributed by atoms with Crippen LogP contribution in [0.25, 0.3) is 0 Å². The van der Waals surface area contributed by atoms with Crippen molar-refractivity contribution in [1.82, 2.24) is 9.62 Å². The Morgan fingerprint density at radius 1 is 1.16 bits per heavy atom. The molecule has 168 valence electrons. The van der Waals surface area contributed by atoms with Gasteiger partial charge in [0, 0.05) is 11.4 Å². The van der Waals surface area contributed by atoms with Crippen molar-refractivity contribution in [1.29, 1.82) is 0 Å². The van der Waals surface area contributed by atoms with Crippen LogP contribution in [-0.4, -0.2) is 53.0 Å². The Morgan fingerprint density at radius 2 is 1.84 bits per heavy atom. The molecule has 8 nitrogen and oxygen atoms in total. The van der Waals surface area contributed by atoms with Gasteiger partial charge in [-0.15, -0.1) is 11.3 Å². The van der Waals surface area contributed by atoms with Crippen LogP contribution in [0.4, 0.5) is 5.69 Å². The van der Waals surface area contributed by atoms with Crippen molar-refractivity contribution in [3.8, 4) is 0 Å². The maximum atomic E-state index is 12.9. The molecule has 1 N–H and O–H groups in total. The highest BCUT2D eigenvalue weighted by atomic mass is 32.2. The third-order valence-electron chi connectivity index (χ3n) is 5.66. The highest BCUT2D eigenvalue weighted by Gasteiger charge is 2.42. The molecule has 2 saturated heterocycles. The lowest BCUT2D eigenvalue weighted by atomic mass is 10.2. The van der Waals surface area contributed by atoms with Crippen LogP contribution in [0, 0.1) is 5.92 Å². The van der Waals surface area contributed by atoms with Crippen molar-refractivity contribution < 1.29 is 21.6 Å². The van der Waals surface area contributed by atoms with E-state index in [-0.39, 0.29) is 28.9 Å². The van der Waals surface area contributed by atoms with E-state index in [0.717, 1.165) is 35.1 Å². The summed E-state index contributed by atoms with van der Waals surface area (Å²) in [4.78, 5) is 15.7. The summed E-state index contributed by atoms with van der Waals surface area (Å²) in [5.74, 6) is -1.36. The van der Waals surface area contributed by atoms with E-state index in [1.54, 1.807) is 18.3 Å². The van der Waals surface area contributed by atoms with Gasteiger partial charge in [0.25, 0.3) is 0 Å². The molecule has 0 bridgehead atoms. The Morgan fingerprint density at radius 3 is 2.39 bits per heavy atom. The van der Waals surface area contributed by atoms with E-state index in [0.29, 0.717) is 0 Å². The lowest BCUT2D eigenvalue weighted by Gasteiger charge is -2.26. The average molecular weight is 484 g/mol. The molecule has 0 radical (unpaired) electrons. The van der Waals surface area contributed by atoms with Gasteiger partial charge in [-0.2, -0.15) is 0 Å². The fraction of sp³-hybridized carbons (Fsp3) is 0.450. The van der Waals surface area contributed by atoms with Crippen molar-refractivity contribution in [2.45, 2.75) is 30.7 Å². The first-order valence-corrected chi connectivity index (χ1v) is 14.1. The van der Waals surface area contributed by atoms with Gasteiger partial charge in [0.05, 0.1) is 28.3 Å². The fourth-order valence-corrected chi connectivity index (χ4v) is 7.78. The first-order valence-electron chi connectivity index (χ1n) is 10.1. The number of sulfonamides is 2. The summed E-state index contributed by atoms with van der Waals surface area (Å²) < 4.78 is 53.7. The summed E-state index contributed by atoms with van der Waals surface area (Å²) in [5, 5.41) is 1.99. The quantitative estimate of drug-likeness (QED) is 0.647.